The van der Waals surface area contributed by atoms with Crippen molar-refractivity contribution in [2.24, 2.45) is 0 Å². The Morgan fingerprint density at radius 3 is 2.58 bits per heavy atom. The van der Waals surface area contributed by atoms with Gasteiger partial charge in [0.05, 0.1) is 11.6 Å². The van der Waals surface area contributed by atoms with E-state index in [1.165, 1.54) is 6.92 Å². The lowest BCUT2D eigenvalue weighted by atomic mass is 10.2. The lowest BCUT2D eigenvalue weighted by Gasteiger charge is -2.08. The minimum Gasteiger partial charge on any atom is -0.480 e. The highest BCUT2D eigenvalue weighted by atomic mass is 16.4. The van der Waals surface area contributed by atoms with Crippen molar-refractivity contribution in [3.63, 3.8) is 0 Å². The van der Waals surface area contributed by atoms with Crippen molar-refractivity contribution in [1.29, 1.82) is 0 Å². The summed E-state index contributed by atoms with van der Waals surface area (Å²) in [4.78, 5) is 23.4. The highest BCUT2D eigenvalue weighted by Gasteiger charge is 2.20. The van der Waals surface area contributed by atoms with Crippen molar-refractivity contribution in [2.75, 3.05) is 0 Å². The average Bonchev–Trinajstić information content (AvgIpc) is 2.61. The molecule has 102 valence electrons. The van der Waals surface area contributed by atoms with Gasteiger partial charge < -0.3 is 9.67 Å². The Morgan fingerprint density at radius 2 is 2.05 bits per heavy atom. The largest absolute Gasteiger partial charge is 0.480 e. The van der Waals surface area contributed by atoms with Gasteiger partial charge in [-0.2, -0.15) is 5.10 Å². The minimum atomic E-state index is -1.07. The summed E-state index contributed by atoms with van der Waals surface area (Å²) in [7, 11) is 0. The fraction of sp³-hybridized carbons (Fsp3) is 0.462. The second-order valence-electron chi connectivity index (χ2n) is 4.61. The highest BCUT2D eigenvalue weighted by molar-refractivity contribution is 5.87. The highest BCUT2D eigenvalue weighted by Crippen LogP contribution is 2.22. The molecule has 0 amide bonds. The molecule has 2 rings (SSSR count). The summed E-state index contributed by atoms with van der Waals surface area (Å²) in [5, 5.41) is 14.3. The minimum absolute atomic E-state index is 0.347. The molecule has 0 aromatic carbocycles. The summed E-state index contributed by atoms with van der Waals surface area (Å²) in [5.74, 6) is -1.07. The predicted molar refractivity (Wildman–Crippen MR) is 71.5 cm³/mol. The second-order valence-corrected chi connectivity index (χ2v) is 4.61. The Labute approximate surface area is 110 Å². The zero-order chi connectivity index (χ0) is 14.3. The van der Waals surface area contributed by atoms with E-state index in [1.54, 1.807) is 6.20 Å². The lowest BCUT2D eigenvalue weighted by Crippen LogP contribution is -2.30. The van der Waals surface area contributed by atoms with Gasteiger partial charge in [-0.25, -0.2) is 9.48 Å². The molecule has 1 atom stereocenters. The number of nitrogens with zero attached hydrogens (tertiary/aromatic N) is 3. The van der Waals surface area contributed by atoms with Crippen molar-refractivity contribution < 1.29 is 9.90 Å². The molecule has 0 aliphatic heterocycles. The van der Waals surface area contributed by atoms with E-state index in [0.717, 1.165) is 28.0 Å². The van der Waals surface area contributed by atoms with Crippen molar-refractivity contribution in [3.8, 4) is 0 Å². The van der Waals surface area contributed by atoms with Gasteiger partial charge in [-0.15, -0.1) is 0 Å². The number of carboxylic acids is 1. The first-order valence-corrected chi connectivity index (χ1v) is 6.20. The maximum atomic E-state index is 12.4. The van der Waals surface area contributed by atoms with Gasteiger partial charge in [-0.3, -0.25) is 4.79 Å². The molecule has 0 aliphatic rings. The number of rotatable bonds is 3. The molecule has 0 bridgehead atoms. The first-order chi connectivity index (χ1) is 8.90. The zero-order valence-corrected chi connectivity index (χ0v) is 11.5. The van der Waals surface area contributed by atoms with Gasteiger partial charge in [0.2, 0.25) is 0 Å². The normalized spacial score (nSPS) is 12.8. The van der Waals surface area contributed by atoms with Crippen molar-refractivity contribution in [3.05, 3.63) is 27.9 Å². The van der Waals surface area contributed by atoms with Gasteiger partial charge in [0.1, 0.15) is 0 Å². The number of hydrogen-bond donors (Lipinski definition) is 1. The lowest BCUT2D eigenvalue weighted by molar-refractivity contribution is -0.140. The first kappa shape index (κ1) is 13.3. The predicted octanol–water partition coefficient (Wildman–Crippen LogP) is 1.48. The maximum absolute atomic E-state index is 12.4. The summed E-state index contributed by atoms with van der Waals surface area (Å²) in [6.07, 6.45) is 1.57. The Bertz CT molecular complexity index is 712. The van der Waals surface area contributed by atoms with Gasteiger partial charge in [0, 0.05) is 23.3 Å². The molecule has 0 aliphatic carbocycles. The smallest absolute Gasteiger partial charge is 0.328 e. The zero-order valence-electron chi connectivity index (χ0n) is 11.5. The number of fused-ring (bicyclic) bond motifs is 1. The van der Waals surface area contributed by atoms with Crippen molar-refractivity contribution in [2.45, 2.75) is 40.3 Å². The van der Waals surface area contributed by atoms with Gasteiger partial charge in [-0.1, -0.05) is 0 Å². The van der Waals surface area contributed by atoms with Gasteiger partial charge in [-0.05, 0) is 27.7 Å². The number of aliphatic carboxylic acids is 1. The molecule has 0 spiro atoms. The number of aromatic nitrogens is 3. The Balaban J connectivity index is 2.83. The molecule has 1 unspecified atom stereocenters. The number of aryl methyl sites for hydroxylation is 2. The average molecular weight is 263 g/mol. The van der Waals surface area contributed by atoms with Crippen LogP contribution in [-0.2, 0) is 11.3 Å². The second kappa shape index (κ2) is 4.53. The number of carboxylic acid groups (broad SMARTS) is 1. The van der Waals surface area contributed by atoms with Gasteiger partial charge >= 0.3 is 5.97 Å². The summed E-state index contributed by atoms with van der Waals surface area (Å²) >= 11 is 0. The molecule has 2 aromatic heterocycles. The molecule has 0 fully saturated rings. The molecule has 2 heterocycles. The third kappa shape index (κ3) is 1.83. The molecule has 6 nitrogen and oxygen atoms in total. The van der Waals surface area contributed by atoms with E-state index in [9.17, 15) is 9.59 Å². The number of hydrogen-bond acceptors (Lipinski definition) is 3. The molecule has 0 radical (unpaired) electrons. The summed E-state index contributed by atoms with van der Waals surface area (Å²) in [6.45, 7) is 8.02. The fourth-order valence-electron chi connectivity index (χ4n) is 2.48. The van der Waals surface area contributed by atoms with Crippen LogP contribution in [0.3, 0.4) is 0 Å². The van der Waals surface area contributed by atoms with Gasteiger partial charge in [0.15, 0.2) is 6.04 Å². The summed E-state index contributed by atoms with van der Waals surface area (Å²) in [5.41, 5.74) is 1.49. The van der Waals surface area contributed by atoms with E-state index in [1.807, 2.05) is 25.3 Å². The Morgan fingerprint density at radius 1 is 1.42 bits per heavy atom. The molecule has 1 N–H and O–H groups in total. The van der Waals surface area contributed by atoms with Crippen LogP contribution in [0.25, 0.3) is 10.8 Å². The van der Waals surface area contributed by atoms with E-state index in [-0.39, 0.29) is 5.56 Å². The van der Waals surface area contributed by atoms with Crippen LogP contribution in [0.2, 0.25) is 0 Å². The molecule has 0 saturated heterocycles. The van der Waals surface area contributed by atoms with E-state index in [0.29, 0.717) is 5.39 Å². The standard InChI is InChI=1S/C13H17N3O3/c1-5-15-7(2)10-6-14-16(9(4)13(18)19)12(17)11(10)8(15)3/h6,9H,5H2,1-4H3,(H,18,19). The molecule has 0 saturated carbocycles. The Hall–Kier alpha value is -2.11. The van der Waals surface area contributed by atoms with E-state index in [4.69, 9.17) is 5.11 Å². The van der Waals surface area contributed by atoms with Crippen LogP contribution >= 0.6 is 0 Å². The molecule has 2 aromatic rings. The molecular weight excluding hydrogens is 246 g/mol. The SMILES string of the molecule is CCn1c(C)c2cnn(C(C)C(=O)O)c(=O)c2c1C. The Kier molecular flexibility index (Phi) is 3.18. The fourth-order valence-corrected chi connectivity index (χ4v) is 2.48. The third-order valence-electron chi connectivity index (χ3n) is 3.60. The number of carbonyl (C=O) groups is 1. The van der Waals surface area contributed by atoms with Crippen molar-refractivity contribution >= 4 is 16.7 Å². The molecule has 19 heavy (non-hydrogen) atoms. The quantitative estimate of drug-likeness (QED) is 0.910. The monoisotopic (exact) mass is 263 g/mol. The third-order valence-corrected chi connectivity index (χ3v) is 3.60. The van der Waals surface area contributed by atoms with E-state index >= 15 is 0 Å². The topological polar surface area (TPSA) is 77.1 Å². The molecule has 6 heteroatoms. The first-order valence-electron chi connectivity index (χ1n) is 6.20. The van der Waals surface area contributed by atoms with Gasteiger partial charge in [0.25, 0.3) is 5.56 Å². The molecular formula is C13H17N3O3. The van der Waals surface area contributed by atoms with Crippen LogP contribution in [0, 0.1) is 13.8 Å². The van der Waals surface area contributed by atoms with Crippen LogP contribution in [0.15, 0.2) is 11.0 Å². The summed E-state index contributed by atoms with van der Waals surface area (Å²) < 4.78 is 3.06. The van der Waals surface area contributed by atoms with Crippen LogP contribution in [-0.4, -0.2) is 25.4 Å². The van der Waals surface area contributed by atoms with Crippen LogP contribution in [0.4, 0.5) is 0 Å². The van der Waals surface area contributed by atoms with Crippen LogP contribution in [0.1, 0.15) is 31.3 Å². The van der Waals surface area contributed by atoms with E-state index < -0.39 is 12.0 Å². The van der Waals surface area contributed by atoms with E-state index in [2.05, 4.69) is 5.10 Å². The maximum Gasteiger partial charge on any atom is 0.328 e. The van der Waals surface area contributed by atoms with Crippen LogP contribution < -0.4 is 5.56 Å². The van der Waals surface area contributed by atoms with Crippen LogP contribution in [0.5, 0.6) is 0 Å². The van der Waals surface area contributed by atoms with Crippen molar-refractivity contribution in [1.82, 2.24) is 14.3 Å². The summed E-state index contributed by atoms with van der Waals surface area (Å²) in [6, 6.07) is -0.971.